The van der Waals surface area contributed by atoms with Gasteiger partial charge in [0, 0.05) is 24.7 Å². The van der Waals surface area contributed by atoms with Crippen LogP contribution >= 0.6 is 11.6 Å². The molecule has 3 rings (SSSR count). The van der Waals surface area contributed by atoms with Gasteiger partial charge in [-0.15, -0.1) is 0 Å². The van der Waals surface area contributed by atoms with Crippen molar-refractivity contribution in [2.45, 2.75) is 12.8 Å². The molecule has 0 aliphatic carbocycles. The maximum Gasteiger partial charge on any atom is 0.260 e. The van der Waals surface area contributed by atoms with Crippen LogP contribution in [0.15, 0.2) is 36.4 Å². The van der Waals surface area contributed by atoms with Crippen LogP contribution in [0.5, 0.6) is 5.75 Å². The molecule has 1 aliphatic heterocycles. The first kappa shape index (κ1) is 17.2. The second kappa shape index (κ2) is 7.11. The highest BCUT2D eigenvalue weighted by molar-refractivity contribution is 6.34. The van der Waals surface area contributed by atoms with E-state index in [1.807, 2.05) is 0 Å². The third-order valence-electron chi connectivity index (χ3n) is 3.99. The fraction of sp³-hybridized carbons (Fsp3) is 0.222. The van der Waals surface area contributed by atoms with Gasteiger partial charge in [0.05, 0.1) is 23.4 Å². The topological polar surface area (TPSA) is 58.6 Å². The number of nitrogens with one attached hydrogen (secondary N) is 1. The second-order valence-corrected chi connectivity index (χ2v) is 5.99. The molecule has 0 aromatic heterocycles. The number of methoxy groups -OCH3 is 1. The van der Waals surface area contributed by atoms with Crippen molar-refractivity contribution in [1.82, 2.24) is 0 Å². The molecule has 0 bridgehead atoms. The summed E-state index contributed by atoms with van der Waals surface area (Å²) < 4.78 is 19.2. The van der Waals surface area contributed by atoms with Crippen LogP contribution < -0.4 is 15.0 Å². The van der Waals surface area contributed by atoms with E-state index in [4.69, 9.17) is 16.3 Å². The fourth-order valence-corrected chi connectivity index (χ4v) is 3.04. The van der Waals surface area contributed by atoms with Crippen LogP contribution in [0.4, 0.5) is 15.8 Å². The number of ether oxygens (including phenoxy) is 1. The number of halogens is 2. The lowest BCUT2D eigenvalue weighted by Crippen LogP contribution is -2.24. The molecule has 0 atom stereocenters. The lowest BCUT2D eigenvalue weighted by molar-refractivity contribution is -0.117. The molecule has 1 heterocycles. The molecule has 0 unspecified atom stereocenters. The maximum absolute atomic E-state index is 13.8. The Balaban J connectivity index is 1.86. The van der Waals surface area contributed by atoms with Crippen LogP contribution in [0.25, 0.3) is 0 Å². The summed E-state index contributed by atoms with van der Waals surface area (Å²) >= 11 is 5.91. The molecule has 2 amide bonds. The Morgan fingerprint density at radius 3 is 2.76 bits per heavy atom. The van der Waals surface area contributed by atoms with Crippen molar-refractivity contribution in [1.29, 1.82) is 0 Å². The highest BCUT2D eigenvalue weighted by Gasteiger charge is 2.25. The summed E-state index contributed by atoms with van der Waals surface area (Å²) in [6.45, 7) is 0.631. The zero-order valence-electron chi connectivity index (χ0n) is 13.5. The number of carbonyl (C=O) groups excluding carboxylic acids is 2. The smallest absolute Gasteiger partial charge is 0.260 e. The van der Waals surface area contributed by atoms with E-state index in [2.05, 4.69) is 5.32 Å². The Hall–Kier alpha value is -2.60. The quantitative estimate of drug-likeness (QED) is 0.898. The van der Waals surface area contributed by atoms with Crippen LogP contribution in [0.3, 0.4) is 0 Å². The number of carbonyl (C=O) groups is 2. The molecule has 1 N–H and O–H groups in total. The molecule has 0 saturated carbocycles. The fourth-order valence-electron chi connectivity index (χ4n) is 2.79. The van der Waals surface area contributed by atoms with E-state index in [1.54, 1.807) is 23.1 Å². The number of hydrogen-bond donors (Lipinski definition) is 1. The van der Waals surface area contributed by atoms with E-state index in [9.17, 15) is 14.0 Å². The molecule has 0 radical (unpaired) electrons. The minimum Gasteiger partial charge on any atom is -0.494 e. The van der Waals surface area contributed by atoms with E-state index >= 15 is 0 Å². The molecular weight excluding hydrogens is 347 g/mol. The van der Waals surface area contributed by atoms with Crippen LogP contribution in [-0.4, -0.2) is 25.5 Å². The van der Waals surface area contributed by atoms with Gasteiger partial charge in [0.1, 0.15) is 11.6 Å². The predicted octanol–water partition coefficient (Wildman–Crippen LogP) is 3.87. The van der Waals surface area contributed by atoms with E-state index in [0.717, 1.165) is 6.42 Å². The molecule has 25 heavy (non-hydrogen) atoms. The average Bonchev–Trinajstić information content (AvgIpc) is 3.00. The van der Waals surface area contributed by atoms with Crippen molar-refractivity contribution in [3.63, 3.8) is 0 Å². The molecule has 2 aromatic carbocycles. The lowest BCUT2D eigenvalue weighted by atomic mass is 10.2. The molecule has 1 saturated heterocycles. The van der Waals surface area contributed by atoms with E-state index in [0.29, 0.717) is 30.1 Å². The highest BCUT2D eigenvalue weighted by Crippen LogP contribution is 2.34. The van der Waals surface area contributed by atoms with Gasteiger partial charge in [-0.1, -0.05) is 17.7 Å². The summed E-state index contributed by atoms with van der Waals surface area (Å²) in [6, 6.07) is 8.97. The number of nitrogens with zero attached hydrogens (tertiary/aromatic N) is 1. The van der Waals surface area contributed by atoms with Gasteiger partial charge >= 0.3 is 0 Å². The first-order valence-corrected chi connectivity index (χ1v) is 8.13. The standard InChI is InChI=1S/C18H16ClFN2O3/c1-25-15-10-11(7-8-14(15)22-9-3-6-16(22)23)21-18(24)17-12(19)4-2-5-13(17)20/h2,4-5,7-8,10H,3,6,9H2,1H3,(H,21,24). The molecule has 1 aliphatic rings. The minimum atomic E-state index is -0.698. The largest absolute Gasteiger partial charge is 0.494 e. The predicted molar refractivity (Wildman–Crippen MR) is 93.9 cm³/mol. The summed E-state index contributed by atoms with van der Waals surface area (Å²) in [4.78, 5) is 25.9. The molecule has 5 nitrogen and oxygen atoms in total. The number of hydrogen-bond acceptors (Lipinski definition) is 3. The van der Waals surface area contributed by atoms with Crippen molar-refractivity contribution in [2.75, 3.05) is 23.9 Å². The van der Waals surface area contributed by atoms with E-state index in [-0.39, 0.29) is 16.5 Å². The van der Waals surface area contributed by atoms with Gasteiger partial charge in [0.2, 0.25) is 5.91 Å². The first-order valence-electron chi connectivity index (χ1n) is 7.75. The Labute approximate surface area is 149 Å². The van der Waals surface area contributed by atoms with Crippen LogP contribution in [-0.2, 0) is 4.79 Å². The normalized spacial score (nSPS) is 13.9. The van der Waals surface area contributed by atoms with Gasteiger partial charge < -0.3 is 15.0 Å². The van der Waals surface area contributed by atoms with Crippen molar-refractivity contribution >= 4 is 34.8 Å². The Kier molecular flexibility index (Phi) is 4.90. The molecule has 0 spiro atoms. The van der Waals surface area contributed by atoms with Crippen molar-refractivity contribution < 1.29 is 18.7 Å². The molecule has 130 valence electrons. The third kappa shape index (κ3) is 3.44. The summed E-state index contributed by atoms with van der Waals surface area (Å²) in [7, 11) is 1.48. The summed E-state index contributed by atoms with van der Waals surface area (Å²) in [6.07, 6.45) is 1.31. The van der Waals surface area contributed by atoms with Crippen molar-refractivity contribution in [2.24, 2.45) is 0 Å². The lowest BCUT2D eigenvalue weighted by Gasteiger charge is -2.19. The van der Waals surface area contributed by atoms with Crippen LogP contribution in [0.1, 0.15) is 23.2 Å². The van der Waals surface area contributed by atoms with Gasteiger partial charge in [-0.2, -0.15) is 0 Å². The van der Waals surface area contributed by atoms with Gasteiger partial charge in [0.15, 0.2) is 0 Å². The maximum atomic E-state index is 13.8. The highest BCUT2D eigenvalue weighted by atomic mass is 35.5. The molecule has 7 heteroatoms. The van der Waals surface area contributed by atoms with Crippen LogP contribution in [0.2, 0.25) is 5.02 Å². The average molecular weight is 363 g/mol. The first-order chi connectivity index (χ1) is 12.0. The van der Waals surface area contributed by atoms with Crippen molar-refractivity contribution in [3.8, 4) is 5.75 Å². The Bertz CT molecular complexity index is 821. The summed E-state index contributed by atoms with van der Waals surface area (Å²) in [5.41, 5.74) is 0.838. The molecule has 2 aromatic rings. The van der Waals surface area contributed by atoms with Gasteiger partial charge in [-0.25, -0.2) is 4.39 Å². The van der Waals surface area contributed by atoms with E-state index < -0.39 is 11.7 Å². The van der Waals surface area contributed by atoms with Gasteiger partial charge in [0.25, 0.3) is 5.91 Å². The molecular formula is C18H16ClFN2O3. The van der Waals surface area contributed by atoms with Gasteiger partial charge in [-0.05, 0) is 30.7 Å². The summed E-state index contributed by atoms with van der Waals surface area (Å²) in [5, 5.41) is 2.63. The monoisotopic (exact) mass is 362 g/mol. The van der Waals surface area contributed by atoms with Crippen LogP contribution in [0, 0.1) is 5.82 Å². The number of anilines is 2. The van der Waals surface area contributed by atoms with Crippen molar-refractivity contribution in [3.05, 3.63) is 52.8 Å². The molecule has 1 fully saturated rings. The number of benzene rings is 2. The minimum absolute atomic E-state index is 0.0312. The zero-order valence-corrected chi connectivity index (χ0v) is 14.3. The summed E-state index contributed by atoms with van der Waals surface area (Å²) in [5.74, 6) is -0.868. The number of amides is 2. The Morgan fingerprint density at radius 1 is 1.32 bits per heavy atom. The van der Waals surface area contributed by atoms with Gasteiger partial charge in [-0.3, -0.25) is 9.59 Å². The Morgan fingerprint density at radius 2 is 2.12 bits per heavy atom. The SMILES string of the molecule is COc1cc(NC(=O)c2c(F)cccc2Cl)ccc1N1CCCC1=O. The third-order valence-corrected chi connectivity index (χ3v) is 4.31. The number of rotatable bonds is 4. The van der Waals surface area contributed by atoms with E-state index in [1.165, 1.54) is 25.3 Å². The second-order valence-electron chi connectivity index (χ2n) is 5.59. The zero-order chi connectivity index (χ0) is 18.0.